The predicted octanol–water partition coefficient (Wildman–Crippen LogP) is 2.36. The van der Waals surface area contributed by atoms with Crippen LogP contribution in [0.1, 0.15) is 28.2 Å². The number of nitrogens with zero attached hydrogens (tertiary/aromatic N) is 4. The zero-order valence-corrected chi connectivity index (χ0v) is 18.2. The number of nitrogens with one attached hydrogen (secondary N) is 2. The zero-order chi connectivity index (χ0) is 22.7. The standard InChI is InChI=1S/C21H22ClFN6O3/c1-32-8-7-24-19(30)12-28-11-14(10-25-28)26-21(31)20-15-3-2-4-17(15)29(27-20)18-6-5-13(22)9-16(18)23/h5-6,9-11H,2-4,7-8,12H2,1H3,(H,24,30)(H,26,31). The molecule has 0 aliphatic heterocycles. The number of aromatic nitrogens is 4. The Labute approximate surface area is 188 Å². The maximum absolute atomic E-state index is 14.5. The van der Waals surface area contributed by atoms with Gasteiger partial charge in [-0.15, -0.1) is 0 Å². The molecule has 0 saturated carbocycles. The van der Waals surface area contributed by atoms with Gasteiger partial charge in [0.05, 0.1) is 18.5 Å². The van der Waals surface area contributed by atoms with E-state index < -0.39 is 11.7 Å². The number of halogens is 2. The third-order valence-electron chi connectivity index (χ3n) is 5.11. The highest BCUT2D eigenvalue weighted by molar-refractivity contribution is 6.30. The summed E-state index contributed by atoms with van der Waals surface area (Å²) in [6.45, 7) is 0.838. The van der Waals surface area contributed by atoms with Crippen molar-refractivity contribution in [2.75, 3.05) is 25.6 Å². The van der Waals surface area contributed by atoms with Gasteiger partial charge in [-0.05, 0) is 37.5 Å². The van der Waals surface area contributed by atoms with Crippen LogP contribution in [0.25, 0.3) is 5.69 Å². The van der Waals surface area contributed by atoms with Crippen molar-refractivity contribution in [3.63, 3.8) is 0 Å². The van der Waals surface area contributed by atoms with Crippen molar-refractivity contribution >= 4 is 29.1 Å². The molecule has 2 heterocycles. The number of fused-ring (bicyclic) bond motifs is 1. The minimum absolute atomic E-state index is 0.0133. The first-order valence-electron chi connectivity index (χ1n) is 10.1. The zero-order valence-electron chi connectivity index (χ0n) is 17.4. The van der Waals surface area contributed by atoms with Crippen LogP contribution in [0.2, 0.25) is 5.02 Å². The molecule has 0 atom stereocenters. The van der Waals surface area contributed by atoms with Crippen LogP contribution in [-0.4, -0.2) is 51.6 Å². The van der Waals surface area contributed by atoms with Gasteiger partial charge in [0.1, 0.15) is 18.0 Å². The minimum atomic E-state index is -0.508. The van der Waals surface area contributed by atoms with Crippen LogP contribution in [0.15, 0.2) is 30.6 Å². The summed E-state index contributed by atoms with van der Waals surface area (Å²) in [5.74, 6) is -1.14. The molecule has 1 aliphatic carbocycles. The van der Waals surface area contributed by atoms with Crippen LogP contribution < -0.4 is 10.6 Å². The van der Waals surface area contributed by atoms with Crippen molar-refractivity contribution in [2.24, 2.45) is 0 Å². The van der Waals surface area contributed by atoms with E-state index in [1.807, 2.05) is 0 Å². The fraction of sp³-hybridized carbons (Fsp3) is 0.333. The van der Waals surface area contributed by atoms with Crippen molar-refractivity contribution in [1.29, 1.82) is 0 Å². The van der Waals surface area contributed by atoms with Gasteiger partial charge in [0, 0.05) is 36.1 Å². The lowest BCUT2D eigenvalue weighted by molar-refractivity contribution is -0.122. The molecule has 0 fully saturated rings. The van der Waals surface area contributed by atoms with E-state index in [1.165, 1.54) is 21.6 Å². The van der Waals surface area contributed by atoms with E-state index in [9.17, 15) is 14.0 Å². The number of hydrogen-bond donors (Lipinski definition) is 2. The largest absolute Gasteiger partial charge is 0.383 e. The van der Waals surface area contributed by atoms with Gasteiger partial charge in [-0.1, -0.05) is 11.6 Å². The molecule has 1 aliphatic rings. The smallest absolute Gasteiger partial charge is 0.276 e. The van der Waals surface area contributed by atoms with Crippen molar-refractivity contribution in [1.82, 2.24) is 24.9 Å². The Hall–Kier alpha value is -3.24. The third kappa shape index (κ3) is 4.66. The van der Waals surface area contributed by atoms with Gasteiger partial charge in [-0.25, -0.2) is 9.07 Å². The number of anilines is 1. The molecule has 2 N–H and O–H groups in total. The summed E-state index contributed by atoms with van der Waals surface area (Å²) in [4.78, 5) is 24.8. The minimum Gasteiger partial charge on any atom is -0.383 e. The van der Waals surface area contributed by atoms with Gasteiger partial charge in [0.2, 0.25) is 5.91 Å². The van der Waals surface area contributed by atoms with Crippen molar-refractivity contribution in [3.05, 3.63) is 58.4 Å². The summed E-state index contributed by atoms with van der Waals surface area (Å²) in [5.41, 5.74) is 2.55. The summed E-state index contributed by atoms with van der Waals surface area (Å²) in [6, 6.07) is 4.36. The summed E-state index contributed by atoms with van der Waals surface area (Å²) in [6.07, 6.45) is 5.26. The number of rotatable bonds is 8. The molecule has 3 aromatic rings. The summed E-state index contributed by atoms with van der Waals surface area (Å²) in [5, 5.41) is 14.2. The number of ether oxygens (including phenoxy) is 1. The molecule has 0 spiro atoms. The third-order valence-corrected chi connectivity index (χ3v) is 5.34. The lowest BCUT2D eigenvalue weighted by Crippen LogP contribution is -2.30. The molecule has 0 bridgehead atoms. The topological polar surface area (TPSA) is 103 Å². The van der Waals surface area contributed by atoms with Crippen LogP contribution >= 0.6 is 11.6 Å². The van der Waals surface area contributed by atoms with Gasteiger partial charge in [0.15, 0.2) is 5.69 Å². The van der Waals surface area contributed by atoms with E-state index >= 15 is 0 Å². The Morgan fingerprint density at radius 3 is 2.94 bits per heavy atom. The normalized spacial score (nSPS) is 12.6. The second-order valence-corrected chi connectivity index (χ2v) is 7.79. The molecule has 0 saturated heterocycles. The van der Waals surface area contributed by atoms with E-state index in [-0.39, 0.29) is 28.9 Å². The van der Waals surface area contributed by atoms with Crippen LogP contribution in [0.3, 0.4) is 0 Å². The number of carbonyl (C=O) groups excluding carboxylic acids is 2. The maximum Gasteiger partial charge on any atom is 0.276 e. The van der Waals surface area contributed by atoms with Gasteiger partial charge >= 0.3 is 0 Å². The van der Waals surface area contributed by atoms with Crippen LogP contribution in [-0.2, 0) is 28.9 Å². The van der Waals surface area contributed by atoms with Gasteiger partial charge in [0.25, 0.3) is 5.91 Å². The number of benzene rings is 1. The molecule has 1 aromatic carbocycles. The highest BCUT2D eigenvalue weighted by Gasteiger charge is 2.28. The molecule has 0 radical (unpaired) electrons. The Bertz CT molecular complexity index is 1160. The Balaban J connectivity index is 1.49. The number of methoxy groups -OCH3 is 1. The van der Waals surface area contributed by atoms with E-state index in [0.717, 1.165) is 17.7 Å². The molecule has 4 rings (SSSR count). The lowest BCUT2D eigenvalue weighted by Gasteiger charge is -2.07. The second kappa shape index (κ2) is 9.49. The molecular formula is C21H22ClFN6O3. The van der Waals surface area contributed by atoms with Gasteiger partial charge < -0.3 is 15.4 Å². The fourth-order valence-corrected chi connectivity index (χ4v) is 3.83. The lowest BCUT2D eigenvalue weighted by atomic mass is 10.2. The second-order valence-electron chi connectivity index (χ2n) is 7.36. The van der Waals surface area contributed by atoms with Crippen molar-refractivity contribution < 1.29 is 18.7 Å². The van der Waals surface area contributed by atoms with Gasteiger partial charge in [-0.2, -0.15) is 10.2 Å². The van der Waals surface area contributed by atoms with E-state index in [4.69, 9.17) is 16.3 Å². The average Bonchev–Trinajstić information content (AvgIpc) is 3.46. The van der Waals surface area contributed by atoms with Crippen LogP contribution in [0, 0.1) is 5.82 Å². The first kappa shape index (κ1) is 22.0. The summed E-state index contributed by atoms with van der Waals surface area (Å²) < 4.78 is 22.3. The first-order valence-corrected chi connectivity index (χ1v) is 10.5. The van der Waals surface area contributed by atoms with Crippen molar-refractivity contribution in [2.45, 2.75) is 25.8 Å². The predicted molar refractivity (Wildman–Crippen MR) is 116 cm³/mol. The monoisotopic (exact) mass is 460 g/mol. The molecule has 168 valence electrons. The van der Waals surface area contributed by atoms with E-state index in [1.54, 1.807) is 25.4 Å². The number of hydrogen-bond acceptors (Lipinski definition) is 5. The highest BCUT2D eigenvalue weighted by atomic mass is 35.5. The quantitative estimate of drug-likeness (QED) is 0.502. The first-order chi connectivity index (χ1) is 15.5. The SMILES string of the molecule is COCCNC(=O)Cn1cc(NC(=O)c2nn(-c3ccc(Cl)cc3F)c3c2CCC3)cn1. The molecule has 0 unspecified atom stereocenters. The van der Waals surface area contributed by atoms with E-state index in [2.05, 4.69) is 20.8 Å². The molecule has 2 aromatic heterocycles. The molecule has 2 amide bonds. The van der Waals surface area contributed by atoms with E-state index in [0.29, 0.717) is 31.7 Å². The Morgan fingerprint density at radius 2 is 2.16 bits per heavy atom. The Morgan fingerprint density at radius 1 is 1.31 bits per heavy atom. The molecule has 11 heteroatoms. The van der Waals surface area contributed by atoms with Crippen LogP contribution in [0.4, 0.5) is 10.1 Å². The highest BCUT2D eigenvalue weighted by Crippen LogP contribution is 2.29. The Kier molecular flexibility index (Phi) is 6.52. The molecular weight excluding hydrogens is 439 g/mol. The van der Waals surface area contributed by atoms with Gasteiger partial charge in [-0.3, -0.25) is 14.3 Å². The maximum atomic E-state index is 14.5. The van der Waals surface area contributed by atoms with Crippen molar-refractivity contribution in [3.8, 4) is 5.69 Å². The van der Waals surface area contributed by atoms with Crippen LogP contribution in [0.5, 0.6) is 0 Å². The average molecular weight is 461 g/mol. The number of carbonyl (C=O) groups is 2. The fourth-order valence-electron chi connectivity index (χ4n) is 3.67. The summed E-state index contributed by atoms with van der Waals surface area (Å²) >= 11 is 5.86. The number of amides is 2. The molecule has 32 heavy (non-hydrogen) atoms. The molecule has 9 nitrogen and oxygen atoms in total. The summed E-state index contributed by atoms with van der Waals surface area (Å²) in [7, 11) is 1.55.